The van der Waals surface area contributed by atoms with Crippen LogP contribution in [0.2, 0.25) is 0 Å². The van der Waals surface area contributed by atoms with Gasteiger partial charge in [-0.2, -0.15) is 0 Å². The maximum atomic E-state index is 14.3. The Morgan fingerprint density at radius 3 is 2.48 bits per heavy atom. The Kier molecular flexibility index (Phi) is 8.80. The number of alkyl halides is 1. The highest BCUT2D eigenvalue weighted by atomic mass is 19.1. The first-order valence-corrected chi connectivity index (χ1v) is 7.76. The Morgan fingerprint density at radius 2 is 1.86 bits per heavy atom. The van der Waals surface area contributed by atoms with Crippen molar-refractivity contribution in [1.82, 2.24) is 0 Å². The second kappa shape index (κ2) is 10.1. The zero-order valence-corrected chi connectivity index (χ0v) is 13.2. The molecule has 0 aromatic carbocycles. The number of hydrogen-bond donors (Lipinski definition) is 0. The number of halogens is 1. The third-order valence-electron chi connectivity index (χ3n) is 3.26. The third kappa shape index (κ3) is 6.28. The van der Waals surface area contributed by atoms with E-state index in [0.29, 0.717) is 13.2 Å². The molecule has 0 N–H and O–H groups in total. The van der Waals surface area contributed by atoms with E-state index in [1.54, 1.807) is 0 Å². The molecule has 0 radical (unpaired) electrons. The molecule has 1 aliphatic rings. The fraction of sp³-hybridized carbons (Fsp3) is 0.933. The number of unbranched alkanes of at least 4 members (excludes halogenated alkanes) is 2. The normalized spacial score (nSPS) is 28.8. The van der Waals surface area contributed by atoms with Gasteiger partial charge < -0.3 is 18.9 Å². The summed E-state index contributed by atoms with van der Waals surface area (Å²) in [5.74, 6) is -0.567. The molecule has 0 aromatic rings. The molecule has 1 aliphatic heterocycles. The van der Waals surface area contributed by atoms with Crippen molar-refractivity contribution in [1.29, 1.82) is 0 Å². The molecule has 0 bridgehead atoms. The summed E-state index contributed by atoms with van der Waals surface area (Å²) >= 11 is 0. The van der Waals surface area contributed by atoms with Crippen LogP contribution in [0.4, 0.5) is 4.39 Å². The molecular weight excluding hydrogens is 279 g/mol. The molecule has 6 heteroatoms. The molecule has 0 spiro atoms. The van der Waals surface area contributed by atoms with E-state index >= 15 is 0 Å². The lowest BCUT2D eigenvalue weighted by Crippen LogP contribution is -2.35. The van der Waals surface area contributed by atoms with Crippen LogP contribution in [0.15, 0.2) is 0 Å². The molecular formula is C15H27FO5. The fourth-order valence-electron chi connectivity index (χ4n) is 2.08. The molecule has 21 heavy (non-hydrogen) atoms. The number of carbonyl (C=O) groups is 1. The van der Waals surface area contributed by atoms with Gasteiger partial charge in [0.1, 0.15) is 12.2 Å². The van der Waals surface area contributed by atoms with Gasteiger partial charge in [0.2, 0.25) is 6.29 Å². The van der Waals surface area contributed by atoms with Crippen molar-refractivity contribution in [3.05, 3.63) is 0 Å². The summed E-state index contributed by atoms with van der Waals surface area (Å²) in [4.78, 5) is 11.0. The number of esters is 1. The molecule has 0 amide bonds. The van der Waals surface area contributed by atoms with Gasteiger partial charge >= 0.3 is 5.97 Å². The highest BCUT2D eigenvalue weighted by Crippen LogP contribution is 2.28. The van der Waals surface area contributed by atoms with Gasteiger partial charge in [0, 0.05) is 20.1 Å². The van der Waals surface area contributed by atoms with Crippen LogP contribution in [0.3, 0.4) is 0 Å². The summed E-state index contributed by atoms with van der Waals surface area (Å²) < 4.78 is 35.6. The van der Waals surface area contributed by atoms with Crippen LogP contribution in [-0.4, -0.2) is 50.5 Å². The van der Waals surface area contributed by atoms with Gasteiger partial charge in [-0.05, 0) is 12.8 Å². The SMILES string of the molecule is CCCCOC[C@H]1O[C@@H](OC(C)=O)C(F)C1OCCCC. The monoisotopic (exact) mass is 306 g/mol. The van der Waals surface area contributed by atoms with Gasteiger partial charge in [-0.25, -0.2) is 4.39 Å². The topological polar surface area (TPSA) is 54.0 Å². The summed E-state index contributed by atoms with van der Waals surface area (Å²) in [6.45, 7) is 6.65. The highest BCUT2D eigenvalue weighted by molar-refractivity contribution is 5.66. The van der Waals surface area contributed by atoms with E-state index < -0.39 is 30.6 Å². The molecule has 0 aromatic heterocycles. The molecule has 5 nitrogen and oxygen atoms in total. The first kappa shape index (κ1) is 18.3. The third-order valence-corrected chi connectivity index (χ3v) is 3.26. The second-order valence-electron chi connectivity index (χ2n) is 5.21. The summed E-state index contributed by atoms with van der Waals surface area (Å²) in [6, 6.07) is 0. The minimum Gasteiger partial charge on any atom is -0.433 e. The van der Waals surface area contributed by atoms with Gasteiger partial charge in [-0.3, -0.25) is 4.79 Å². The summed E-state index contributed by atoms with van der Waals surface area (Å²) in [5, 5.41) is 0. The van der Waals surface area contributed by atoms with E-state index in [4.69, 9.17) is 18.9 Å². The van der Waals surface area contributed by atoms with E-state index in [1.165, 1.54) is 6.92 Å². The number of ether oxygens (including phenoxy) is 4. The summed E-state index contributed by atoms with van der Waals surface area (Å²) in [5.41, 5.74) is 0. The van der Waals surface area contributed by atoms with Crippen LogP contribution in [0.5, 0.6) is 0 Å². The predicted octanol–water partition coefficient (Wildman–Crippen LogP) is 2.61. The average molecular weight is 306 g/mol. The van der Waals surface area contributed by atoms with Crippen LogP contribution in [0, 0.1) is 0 Å². The van der Waals surface area contributed by atoms with E-state index in [9.17, 15) is 9.18 Å². The maximum absolute atomic E-state index is 14.3. The Labute approximate surface area is 126 Å². The number of carbonyl (C=O) groups excluding carboxylic acids is 1. The van der Waals surface area contributed by atoms with E-state index in [0.717, 1.165) is 25.7 Å². The fourth-order valence-corrected chi connectivity index (χ4v) is 2.08. The zero-order valence-electron chi connectivity index (χ0n) is 13.2. The van der Waals surface area contributed by atoms with Gasteiger partial charge in [0.05, 0.1) is 6.61 Å². The molecule has 2 unspecified atom stereocenters. The van der Waals surface area contributed by atoms with Crippen molar-refractivity contribution in [3.8, 4) is 0 Å². The summed E-state index contributed by atoms with van der Waals surface area (Å²) in [6.07, 6.45) is -0.176. The molecule has 0 aliphatic carbocycles. The van der Waals surface area contributed by atoms with Crippen molar-refractivity contribution in [3.63, 3.8) is 0 Å². The first-order valence-electron chi connectivity index (χ1n) is 7.76. The van der Waals surface area contributed by atoms with Crippen molar-refractivity contribution < 1.29 is 28.1 Å². The molecule has 124 valence electrons. The quantitative estimate of drug-likeness (QED) is 0.459. The second-order valence-corrected chi connectivity index (χ2v) is 5.21. The minimum atomic E-state index is -1.48. The molecule has 1 heterocycles. The lowest BCUT2D eigenvalue weighted by atomic mass is 10.1. The maximum Gasteiger partial charge on any atom is 0.305 e. The van der Waals surface area contributed by atoms with Crippen molar-refractivity contribution in [2.75, 3.05) is 19.8 Å². The molecule has 1 fully saturated rings. The smallest absolute Gasteiger partial charge is 0.305 e. The van der Waals surface area contributed by atoms with E-state index in [-0.39, 0.29) is 6.61 Å². The van der Waals surface area contributed by atoms with Crippen LogP contribution < -0.4 is 0 Å². The van der Waals surface area contributed by atoms with E-state index in [2.05, 4.69) is 6.92 Å². The zero-order chi connectivity index (χ0) is 15.7. The standard InChI is InChI=1S/C15H27FO5/c1-4-6-8-18-10-12-14(19-9-7-5-2)13(16)15(21-12)20-11(3)17/h12-15H,4-10H2,1-3H3/t12-,13?,14?,15-/m1/s1. The lowest BCUT2D eigenvalue weighted by Gasteiger charge is -2.19. The largest absolute Gasteiger partial charge is 0.433 e. The molecule has 1 rings (SSSR count). The van der Waals surface area contributed by atoms with E-state index in [1.807, 2.05) is 6.92 Å². The first-order chi connectivity index (χ1) is 10.1. The predicted molar refractivity (Wildman–Crippen MR) is 75.7 cm³/mol. The van der Waals surface area contributed by atoms with Gasteiger partial charge in [-0.15, -0.1) is 0 Å². The van der Waals surface area contributed by atoms with Gasteiger partial charge in [0.25, 0.3) is 0 Å². The van der Waals surface area contributed by atoms with Gasteiger partial charge in [0.15, 0.2) is 6.17 Å². The highest BCUT2D eigenvalue weighted by Gasteiger charge is 2.47. The number of rotatable bonds is 10. The van der Waals surface area contributed by atoms with Crippen LogP contribution in [0.25, 0.3) is 0 Å². The van der Waals surface area contributed by atoms with Crippen molar-refractivity contribution in [2.45, 2.75) is 71.1 Å². The minimum absolute atomic E-state index is 0.245. The Bertz CT molecular complexity index is 300. The lowest BCUT2D eigenvalue weighted by molar-refractivity contribution is -0.183. The van der Waals surface area contributed by atoms with Crippen molar-refractivity contribution >= 4 is 5.97 Å². The molecule has 4 atom stereocenters. The van der Waals surface area contributed by atoms with Crippen LogP contribution in [0.1, 0.15) is 46.5 Å². The average Bonchev–Trinajstić information content (AvgIpc) is 2.72. The Balaban J connectivity index is 2.51. The van der Waals surface area contributed by atoms with Crippen molar-refractivity contribution in [2.24, 2.45) is 0 Å². The van der Waals surface area contributed by atoms with Gasteiger partial charge in [-0.1, -0.05) is 26.7 Å². The number of hydrogen-bond acceptors (Lipinski definition) is 5. The summed E-state index contributed by atoms with van der Waals surface area (Å²) in [7, 11) is 0. The molecule has 1 saturated heterocycles. The molecule has 0 saturated carbocycles. The Hall–Kier alpha value is -0.720. The van der Waals surface area contributed by atoms with Crippen LogP contribution >= 0.6 is 0 Å². The Morgan fingerprint density at radius 1 is 1.19 bits per heavy atom. The van der Waals surface area contributed by atoms with Crippen LogP contribution in [-0.2, 0) is 23.7 Å².